The van der Waals surface area contributed by atoms with Gasteiger partial charge >= 0.3 is 0 Å². The van der Waals surface area contributed by atoms with E-state index in [4.69, 9.17) is 9.47 Å². The van der Waals surface area contributed by atoms with E-state index in [1.165, 1.54) is 31.4 Å². The molecule has 0 bridgehead atoms. The summed E-state index contributed by atoms with van der Waals surface area (Å²) in [7, 11) is 1.47. The van der Waals surface area contributed by atoms with E-state index in [0.717, 1.165) is 0 Å². The highest BCUT2D eigenvalue weighted by Gasteiger charge is 2.15. The molecule has 31 heavy (non-hydrogen) atoms. The van der Waals surface area contributed by atoms with Crippen LogP contribution < -0.4 is 31.2 Å². The number of amides is 2. The van der Waals surface area contributed by atoms with Crippen LogP contribution in [-0.4, -0.2) is 41.8 Å². The second-order valence-corrected chi connectivity index (χ2v) is 6.90. The van der Waals surface area contributed by atoms with Crippen LogP contribution in [0, 0.1) is 0 Å². The first-order chi connectivity index (χ1) is 14.8. The molecule has 2 aromatic carbocycles. The number of anilines is 1. The van der Waals surface area contributed by atoms with Crippen molar-refractivity contribution in [3.05, 3.63) is 62.7 Å². The molecule has 0 saturated heterocycles. The number of carbonyl (C=O) groups is 2. The van der Waals surface area contributed by atoms with Gasteiger partial charge in [0.1, 0.15) is 0 Å². The number of ether oxygens (including phenoxy) is 2. The number of hydrogen-bond donors (Lipinski definition) is 4. The van der Waals surface area contributed by atoms with Crippen LogP contribution in [0.1, 0.15) is 24.2 Å². The third kappa shape index (κ3) is 4.92. The highest BCUT2D eigenvalue weighted by molar-refractivity contribution is 6.04. The van der Waals surface area contributed by atoms with E-state index in [2.05, 4.69) is 20.8 Å². The number of aromatic nitrogens is 2. The Morgan fingerprint density at radius 2 is 1.77 bits per heavy atom. The Kier molecular flexibility index (Phi) is 6.39. The molecule has 1 heterocycles. The number of carbonyl (C=O) groups excluding carboxylic acids is 2. The quantitative estimate of drug-likeness (QED) is 0.450. The zero-order valence-electron chi connectivity index (χ0n) is 17.2. The topological polar surface area (TPSA) is 142 Å². The minimum atomic E-state index is -0.563. The summed E-state index contributed by atoms with van der Waals surface area (Å²) in [5, 5.41) is 9.68. The molecule has 4 N–H and O–H groups in total. The lowest BCUT2D eigenvalue weighted by molar-refractivity contribution is -0.115. The maximum atomic E-state index is 12.4. The number of methoxy groups -OCH3 is 1. The van der Waals surface area contributed by atoms with Crippen LogP contribution in [-0.2, 0) is 4.79 Å². The van der Waals surface area contributed by atoms with Crippen molar-refractivity contribution in [2.75, 3.05) is 19.0 Å². The Morgan fingerprint density at radius 3 is 2.48 bits per heavy atom. The van der Waals surface area contributed by atoms with Gasteiger partial charge in [0, 0.05) is 5.56 Å². The van der Waals surface area contributed by atoms with Crippen molar-refractivity contribution in [1.29, 1.82) is 0 Å². The Balaban J connectivity index is 1.70. The van der Waals surface area contributed by atoms with Crippen LogP contribution in [0.4, 0.5) is 5.69 Å². The van der Waals surface area contributed by atoms with Gasteiger partial charge in [-0.05, 0) is 44.2 Å². The van der Waals surface area contributed by atoms with Crippen LogP contribution in [0.2, 0.25) is 0 Å². The number of nitrogens with one attached hydrogen (secondary N) is 4. The van der Waals surface area contributed by atoms with E-state index < -0.39 is 22.9 Å². The van der Waals surface area contributed by atoms with Gasteiger partial charge in [0.2, 0.25) is 5.91 Å². The smallest absolute Gasteiger partial charge is 0.272 e. The minimum Gasteiger partial charge on any atom is -0.493 e. The molecule has 2 amide bonds. The fourth-order valence-corrected chi connectivity index (χ4v) is 2.95. The summed E-state index contributed by atoms with van der Waals surface area (Å²) in [6.45, 7) is 3.40. The Labute approximate surface area is 176 Å². The summed E-state index contributed by atoms with van der Waals surface area (Å²) in [5.74, 6) is -0.155. The predicted octanol–water partition coefficient (Wildman–Crippen LogP) is 1.38. The molecule has 0 aliphatic carbocycles. The van der Waals surface area contributed by atoms with E-state index in [1.54, 1.807) is 12.1 Å². The normalized spacial score (nSPS) is 10.7. The summed E-state index contributed by atoms with van der Waals surface area (Å²) in [4.78, 5) is 48.7. The first-order valence-corrected chi connectivity index (χ1v) is 9.46. The molecule has 10 nitrogen and oxygen atoms in total. The third-order valence-corrected chi connectivity index (χ3v) is 4.30. The fourth-order valence-electron chi connectivity index (χ4n) is 2.95. The van der Waals surface area contributed by atoms with Crippen molar-refractivity contribution in [3.63, 3.8) is 0 Å². The van der Waals surface area contributed by atoms with Crippen molar-refractivity contribution >= 4 is 28.3 Å². The molecule has 0 fully saturated rings. The molecule has 0 unspecified atom stereocenters. The van der Waals surface area contributed by atoms with E-state index in [0.29, 0.717) is 11.5 Å². The van der Waals surface area contributed by atoms with Crippen LogP contribution in [0.25, 0.3) is 10.8 Å². The Bertz CT molecular complexity index is 1240. The molecule has 3 aromatic rings. The highest BCUT2D eigenvalue weighted by Crippen LogP contribution is 2.29. The van der Waals surface area contributed by atoms with Crippen LogP contribution in [0.3, 0.4) is 0 Å². The molecule has 0 aliphatic heterocycles. The molecule has 3 rings (SSSR count). The van der Waals surface area contributed by atoms with E-state index in [1.807, 2.05) is 13.8 Å². The van der Waals surface area contributed by atoms with Gasteiger partial charge in [-0.2, -0.15) is 0 Å². The lowest BCUT2D eigenvalue weighted by Gasteiger charge is -2.14. The van der Waals surface area contributed by atoms with Gasteiger partial charge in [-0.25, -0.2) is 0 Å². The summed E-state index contributed by atoms with van der Waals surface area (Å²) in [5.41, 5.74) is -0.585. The van der Waals surface area contributed by atoms with Gasteiger partial charge in [0.15, 0.2) is 11.5 Å². The molecular weight excluding hydrogens is 404 g/mol. The third-order valence-electron chi connectivity index (χ3n) is 4.30. The molecule has 1 aromatic heterocycles. The van der Waals surface area contributed by atoms with Crippen LogP contribution in [0.15, 0.2) is 46.0 Å². The van der Waals surface area contributed by atoms with E-state index in [-0.39, 0.29) is 34.7 Å². The second kappa shape index (κ2) is 9.16. The highest BCUT2D eigenvalue weighted by atomic mass is 16.5. The van der Waals surface area contributed by atoms with Crippen molar-refractivity contribution in [2.45, 2.75) is 20.0 Å². The van der Waals surface area contributed by atoms with Crippen molar-refractivity contribution < 1.29 is 19.1 Å². The SMILES string of the molecule is COc1cc(C(=O)NCC(=O)Nc2cccc3c(=O)[nH][nH]c(=O)c23)ccc1OC(C)C. The summed E-state index contributed by atoms with van der Waals surface area (Å²) >= 11 is 0. The van der Waals surface area contributed by atoms with Gasteiger partial charge in [-0.3, -0.25) is 29.4 Å². The Hall–Kier alpha value is -4.08. The summed E-state index contributed by atoms with van der Waals surface area (Å²) in [6.07, 6.45) is -0.0610. The number of H-pyrrole nitrogens is 2. The molecule has 0 atom stereocenters. The van der Waals surface area contributed by atoms with Gasteiger partial charge in [-0.1, -0.05) is 6.07 Å². The van der Waals surface area contributed by atoms with Crippen LogP contribution >= 0.6 is 0 Å². The molecule has 0 saturated carbocycles. The zero-order chi connectivity index (χ0) is 22.5. The maximum Gasteiger partial charge on any atom is 0.272 e. The lowest BCUT2D eigenvalue weighted by Crippen LogP contribution is -2.33. The minimum absolute atomic E-state index is 0.0522. The van der Waals surface area contributed by atoms with E-state index in [9.17, 15) is 19.2 Å². The van der Waals surface area contributed by atoms with E-state index >= 15 is 0 Å². The largest absolute Gasteiger partial charge is 0.493 e. The Morgan fingerprint density at radius 1 is 1.03 bits per heavy atom. The van der Waals surface area contributed by atoms with Crippen molar-refractivity contribution in [2.24, 2.45) is 0 Å². The average molecular weight is 426 g/mol. The van der Waals surface area contributed by atoms with Crippen LogP contribution in [0.5, 0.6) is 11.5 Å². The molecule has 10 heteroatoms. The molecule has 0 aliphatic rings. The standard InChI is InChI=1S/C21H22N4O6/c1-11(2)31-15-8-7-12(9-16(15)30-3)19(27)22-10-17(26)23-14-6-4-5-13-18(14)21(29)25-24-20(13)28/h4-9,11H,10H2,1-3H3,(H,22,27)(H,23,26)(H,24,28)(H,25,29). The maximum absolute atomic E-state index is 12.4. The second-order valence-electron chi connectivity index (χ2n) is 6.90. The fraction of sp³-hybridized carbons (Fsp3) is 0.238. The van der Waals surface area contributed by atoms with Crippen molar-refractivity contribution in [3.8, 4) is 11.5 Å². The predicted molar refractivity (Wildman–Crippen MR) is 115 cm³/mol. The number of aromatic amines is 2. The summed E-state index contributed by atoms with van der Waals surface area (Å²) < 4.78 is 10.9. The molecular formula is C21H22N4O6. The lowest BCUT2D eigenvalue weighted by atomic mass is 10.1. The average Bonchev–Trinajstić information content (AvgIpc) is 2.74. The molecule has 0 radical (unpaired) electrons. The first kappa shape index (κ1) is 21.6. The molecule has 0 spiro atoms. The zero-order valence-corrected chi connectivity index (χ0v) is 17.2. The van der Waals surface area contributed by atoms with Gasteiger partial charge < -0.3 is 20.1 Å². The summed E-state index contributed by atoms with van der Waals surface area (Å²) in [6, 6.07) is 9.20. The number of hydrogen-bond acceptors (Lipinski definition) is 6. The van der Waals surface area contributed by atoms with Gasteiger partial charge in [0.05, 0.1) is 36.2 Å². The molecule has 162 valence electrons. The number of benzene rings is 2. The van der Waals surface area contributed by atoms with Gasteiger partial charge in [-0.15, -0.1) is 0 Å². The first-order valence-electron chi connectivity index (χ1n) is 9.46. The van der Waals surface area contributed by atoms with Gasteiger partial charge in [0.25, 0.3) is 17.0 Å². The number of rotatable bonds is 7. The monoisotopic (exact) mass is 426 g/mol. The number of fused-ring (bicyclic) bond motifs is 1. The van der Waals surface area contributed by atoms with Crippen molar-refractivity contribution in [1.82, 2.24) is 15.5 Å².